The summed E-state index contributed by atoms with van der Waals surface area (Å²) in [6.07, 6.45) is -0.530. The van der Waals surface area contributed by atoms with Crippen LogP contribution in [-0.4, -0.2) is 43.0 Å². The average molecular weight is 368 g/mol. The SMILES string of the molecule is CCOC(=O)C[C@@H](C(=O)OCC)[C@@H](NC(=O)c1ccccc1F)C(N)=O. The van der Waals surface area contributed by atoms with E-state index in [1.165, 1.54) is 25.1 Å². The Labute approximate surface area is 149 Å². The second kappa shape index (κ2) is 10.1. The van der Waals surface area contributed by atoms with Crippen LogP contribution in [0.2, 0.25) is 0 Å². The predicted molar refractivity (Wildman–Crippen MR) is 88.2 cm³/mol. The number of ether oxygens (including phenoxy) is 2. The Morgan fingerprint density at radius 1 is 1.12 bits per heavy atom. The van der Waals surface area contributed by atoms with Crippen molar-refractivity contribution in [1.29, 1.82) is 0 Å². The Kier molecular flexibility index (Phi) is 8.20. The largest absolute Gasteiger partial charge is 0.466 e. The van der Waals surface area contributed by atoms with Gasteiger partial charge < -0.3 is 20.5 Å². The van der Waals surface area contributed by atoms with Crippen LogP contribution in [0.25, 0.3) is 0 Å². The zero-order valence-corrected chi connectivity index (χ0v) is 14.5. The van der Waals surface area contributed by atoms with Gasteiger partial charge >= 0.3 is 11.9 Å². The Bertz CT molecular complexity index is 679. The Morgan fingerprint density at radius 2 is 1.73 bits per heavy atom. The lowest BCUT2D eigenvalue weighted by Gasteiger charge is -2.23. The van der Waals surface area contributed by atoms with Gasteiger partial charge in [0.15, 0.2) is 0 Å². The summed E-state index contributed by atoms with van der Waals surface area (Å²) in [7, 11) is 0. The molecule has 142 valence electrons. The van der Waals surface area contributed by atoms with Gasteiger partial charge in [0.25, 0.3) is 5.91 Å². The summed E-state index contributed by atoms with van der Waals surface area (Å²) < 4.78 is 23.4. The fourth-order valence-corrected chi connectivity index (χ4v) is 2.22. The van der Waals surface area contributed by atoms with Gasteiger partial charge in [-0.2, -0.15) is 0 Å². The van der Waals surface area contributed by atoms with E-state index in [1.807, 2.05) is 0 Å². The van der Waals surface area contributed by atoms with Crippen molar-refractivity contribution in [3.8, 4) is 0 Å². The van der Waals surface area contributed by atoms with Crippen LogP contribution in [-0.2, 0) is 23.9 Å². The summed E-state index contributed by atoms with van der Waals surface area (Å²) in [4.78, 5) is 47.9. The lowest BCUT2D eigenvalue weighted by Crippen LogP contribution is -2.52. The van der Waals surface area contributed by atoms with Crippen LogP contribution in [0.3, 0.4) is 0 Å². The van der Waals surface area contributed by atoms with Gasteiger partial charge in [0.05, 0.1) is 31.1 Å². The number of halogens is 1. The molecule has 0 saturated heterocycles. The van der Waals surface area contributed by atoms with Gasteiger partial charge in [-0.25, -0.2) is 4.39 Å². The van der Waals surface area contributed by atoms with E-state index in [2.05, 4.69) is 5.32 Å². The molecule has 0 unspecified atom stereocenters. The zero-order chi connectivity index (χ0) is 19.7. The van der Waals surface area contributed by atoms with E-state index in [0.717, 1.165) is 6.07 Å². The highest BCUT2D eigenvalue weighted by Gasteiger charge is 2.37. The molecule has 0 heterocycles. The molecule has 0 bridgehead atoms. The van der Waals surface area contributed by atoms with E-state index in [4.69, 9.17) is 15.2 Å². The van der Waals surface area contributed by atoms with Gasteiger partial charge in [0.1, 0.15) is 11.9 Å². The summed E-state index contributed by atoms with van der Waals surface area (Å²) in [5.74, 6) is -5.91. The summed E-state index contributed by atoms with van der Waals surface area (Å²) >= 11 is 0. The molecule has 0 aromatic heterocycles. The molecule has 9 heteroatoms. The van der Waals surface area contributed by atoms with E-state index in [0.29, 0.717) is 0 Å². The topological polar surface area (TPSA) is 125 Å². The fourth-order valence-electron chi connectivity index (χ4n) is 2.22. The van der Waals surface area contributed by atoms with E-state index >= 15 is 0 Å². The number of hydrogen-bond acceptors (Lipinski definition) is 6. The smallest absolute Gasteiger partial charge is 0.312 e. The van der Waals surface area contributed by atoms with Crippen LogP contribution in [0.5, 0.6) is 0 Å². The van der Waals surface area contributed by atoms with E-state index < -0.39 is 48.0 Å². The van der Waals surface area contributed by atoms with E-state index in [9.17, 15) is 23.6 Å². The van der Waals surface area contributed by atoms with Gasteiger partial charge in [-0.1, -0.05) is 12.1 Å². The number of nitrogens with one attached hydrogen (secondary N) is 1. The molecule has 2 amide bonds. The van der Waals surface area contributed by atoms with Crippen LogP contribution < -0.4 is 11.1 Å². The molecule has 0 spiro atoms. The molecule has 1 aromatic carbocycles. The number of amides is 2. The number of hydrogen-bond donors (Lipinski definition) is 2. The second-order valence-electron chi connectivity index (χ2n) is 5.20. The van der Waals surface area contributed by atoms with Gasteiger partial charge in [0, 0.05) is 0 Å². The van der Waals surface area contributed by atoms with Crippen molar-refractivity contribution in [3.63, 3.8) is 0 Å². The third kappa shape index (κ3) is 5.83. The molecule has 1 rings (SSSR count). The van der Waals surface area contributed by atoms with Crippen molar-refractivity contribution in [3.05, 3.63) is 35.6 Å². The molecule has 0 aliphatic carbocycles. The number of carbonyl (C=O) groups is 4. The first kappa shape index (κ1) is 21.1. The standard InChI is InChI=1S/C17H21FN2O6/c1-3-25-13(21)9-11(17(24)26-4-2)14(15(19)22)20-16(23)10-7-5-6-8-12(10)18/h5-8,11,14H,3-4,9H2,1-2H3,(H2,19,22)(H,20,23)/t11-,14-/m1/s1. The third-order valence-electron chi connectivity index (χ3n) is 3.40. The van der Waals surface area contributed by atoms with Crippen LogP contribution in [0.15, 0.2) is 24.3 Å². The molecular formula is C17H21FN2O6. The van der Waals surface area contributed by atoms with Crippen LogP contribution in [0.4, 0.5) is 4.39 Å². The second-order valence-corrected chi connectivity index (χ2v) is 5.20. The Hall–Kier alpha value is -2.97. The van der Waals surface area contributed by atoms with Gasteiger partial charge in [-0.05, 0) is 26.0 Å². The van der Waals surface area contributed by atoms with Crippen molar-refractivity contribution >= 4 is 23.8 Å². The van der Waals surface area contributed by atoms with Gasteiger partial charge in [-0.15, -0.1) is 0 Å². The molecule has 26 heavy (non-hydrogen) atoms. The average Bonchev–Trinajstić information content (AvgIpc) is 2.58. The maximum Gasteiger partial charge on any atom is 0.312 e. The summed E-state index contributed by atoms with van der Waals surface area (Å²) in [6, 6.07) is 3.51. The first-order valence-electron chi connectivity index (χ1n) is 7.98. The number of nitrogens with two attached hydrogens (primary N) is 1. The lowest BCUT2D eigenvalue weighted by atomic mass is 9.95. The highest BCUT2D eigenvalue weighted by molar-refractivity contribution is 5.99. The lowest BCUT2D eigenvalue weighted by molar-refractivity contribution is -0.156. The number of carbonyl (C=O) groups excluding carboxylic acids is 4. The maximum atomic E-state index is 13.7. The number of benzene rings is 1. The molecule has 2 atom stereocenters. The van der Waals surface area contributed by atoms with Crippen molar-refractivity contribution in [2.24, 2.45) is 11.7 Å². The minimum absolute atomic E-state index is 0.00903. The van der Waals surface area contributed by atoms with Crippen molar-refractivity contribution in [2.75, 3.05) is 13.2 Å². The zero-order valence-electron chi connectivity index (χ0n) is 14.5. The molecule has 0 saturated carbocycles. The quantitative estimate of drug-likeness (QED) is 0.613. The van der Waals surface area contributed by atoms with Crippen LogP contribution in [0.1, 0.15) is 30.6 Å². The molecule has 0 aliphatic heterocycles. The van der Waals surface area contributed by atoms with Crippen molar-refractivity contribution in [2.45, 2.75) is 26.3 Å². The molecule has 0 aliphatic rings. The fraction of sp³-hybridized carbons (Fsp3) is 0.412. The minimum atomic E-state index is -1.58. The molecule has 1 aromatic rings. The molecular weight excluding hydrogens is 347 g/mol. The monoisotopic (exact) mass is 368 g/mol. The van der Waals surface area contributed by atoms with E-state index in [1.54, 1.807) is 6.92 Å². The summed E-state index contributed by atoms with van der Waals surface area (Å²) in [6.45, 7) is 3.17. The van der Waals surface area contributed by atoms with Crippen molar-refractivity contribution < 1.29 is 33.0 Å². The highest BCUT2D eigenvalue weighted by Crippen LogP contribution is 2.15. The van der Waals surface area contributed by atoms with Gasteiger partial charge in [0.2, 0.25) is 5.91 Å². The number of esters is 2. The maximum absolute atomic E-state index is 13.7. The molecule has 8 nitrogen and oxygen atoms in total. The van der Waals surface area contributed by atoms with Crippen molar-refractivity contribution in [1.82, 2.24) is 5.32 Å². The molecule has 0 radical (unpaired) electrons. The molecule has 3 N–H and O–H groups in total. The number of primary amides is 1. The summed E-state index contributed by atoms with van der Waals surface area (Å²) in [5.41, 5.74) is 4.94. The Balaban J connectivity index is 3.08. The third-order valence-corrected chi connectivity index (χ3v) is 3.40. The highest BCUT2D eigenvalue weighted by atomic mass is 19.1. The first-order chi connectivity index (χ1) is 12.3. The van der Waals surface area contributed by atoms with Gasteiger partial charge in [-0.3, -0.25) is 19.2 Å². The first-order valence-corrected chi connectivity index (χ1v) is 7.98. The normalized spacial score (nSPS) is 12.6. The number of rotatable bonds is 9. The van der Waals surface area contributed by atoms with Crippen LogP contribution >= 0.6 is 0 Å². The summed E-state index contributed by atoms with van der Waals surface area (Å²) in [5, 5.41) is 2.20. The predicted octanol–water partition coefficient (Wildman–Crippen LogP) is 0.542. The van der Waals surface area contributed by atoms with Crippen LogP contribution in [0, 0.1) is 11.7 Å². The van der Waals surface area contributed by atoms with E-state index in [-0.39, 0.29) is 18.8 Å². The Morgan fingerprint density at radius 3 is 2.27 bits per heavy atom. The minimum Gasteiger partial charge on any atom is -0.466 e. The molecule has 0 fully saturated rings.